The molecule has 1 aliphatic heterocycles. The van der Waals surface area contributed by atoms with Gasteiger partial charge in [0, 0.05) is 32.2 Å². The van der Waals surface area contributed by atoms with Gasteiger partial charge in [0.2, 0.25) is 5.91 Å². The average Bonchev–Trinajstić information content (AvgIpc) is 2.75. The molecule has 0 aromatic carbocycles. The van der Waals surface area contributed by atoms with Crippen LogP contribution in [0.2, 0.25) is 0 Å². The van der Waals surface area contributed by atoms with Gasteiger partial charge in [0.25, 0.3) is 0 Å². The molecule has 2 rings (SSSR count). The lowest BCUT2D eigenvalue weighted by molar-refractivity contribution is -0.123. The summed E-state index contributed by atoms with van der Waals surface area (Å²) in [7, 11) is 0. The van der Waals surface area contributed by atoms with Crippen molar-refractivity contribution in [3.8, 4) is 0 Å². The van der Waals surface area contributed by atoms with Gasteiger partial charge in [0.1, 0.15) is 0 Å². The fraction of sp³-hybridized carbons (Fsp3) is 0.923. The van der Waals surface area contributed by atoms with Crippen LogP contribution in [0.25, 0.3) is 0 Å². The zero-order valence-corrected chi connectivity index (χ0v) is 11.4. The van der Waals surface area contributed by atoms with Crippen LogP contribution in [0, 0.1) is 0 Å². The molecule has 1 aliphatic carbocycles. The fourth-order valence-electron chi connectivity index (χ4n) is 3.25. The molecule has 2 fully saturated rings. The second-order valence-corrected chi connectivity index (χ2v) is 5.79. The second kappa shape index (κ2) is 5.55. The van der Waals surface area contributed by atoms with E-state index in [0.29, 0.717) is 6.04 Å². The number of rotatable bonds is 4. The Morgan fingerprint density at radius 3 is 2.50 bits per heavy atom. The number of primary amides is 1. The van der Waals surface area contributed by atoms with E-state index in [0.717, 1.165) is 45.4 Å². The third kappa shape index (κ3) is 2.84. The third-order valence-corrected chi connectivity index (χ3v) is 4.48. The largest absolute Gasteiger partial charge is 0.368 e. The molecule has 0 spiro atoms. The summed E-state index contributed by atoms with van der Waals surface area (Å²) < 4.78 is 0. The Morgan fingerprint density at radius 2 is 2.00 bits per heavy atom. The van der Waals surface area contributed by atoms with Crippen molar-refractivity contribution >= 4 is 5.91 Å². The first-order valence-corrected chi connectivity index (χ1v) is 7.10. The van der Waals surface area contributed by atoms with Gasteiger partial charge in [0.05, 0.1) is 5.54 Å². The summed E-state index contributed by atoms with van der Waals surface area (Å²) in [4.78, 5) is 16.4. The van der Waals surface area contributed by atoms with E-state index in [4.69, 9.17) is 11.5 Å². The highest BCUT2D eigenvalue weighted by molar-refractivity contribution is 5.84. The SMILES string of the molecule is CCCN1CCN(C2CCC(N)(C(N)=O)C2)CC1. The van der Waals surface area contributed by atoms with Gasteiger partial charge in [-0.1, -0.05) is 6.92 Å². The van der Waals surface area contributed by atoms with Gasteiger partial charge in [-0.2, -0.15) is 0 Å². The van der Waals surface area contributed by atoms with Crippen molar-refractivity contribution in [2.75, 3.05) is 32.7 Å². The van der Waals surface area contributed by atoms with Crippen LogP contribution in [0.3, 0.4) is 0 Å². The molecule has 2 unspecified atom stereocenters. The van der Waals surface area contributed by atoms with Crippen LogP contribution in [-0.2, 0) is 4.79 Å². The standard InChI is InChI=1S/C13H26N4O/c1-2-5-16-6-8-17(9-7-16)11-3-4-13(15,10-11)12(14)18/h11H,2-10,15H2,1H3,(H2,14,18). The number of nitrogens with two attached hydrogens (primary N) is 2. The summed E-state index contributed by atoms with van der Waals surface area (Å²) in [5.41, 5.74) is 10.7. The van der Waals surface area contributed by atoms with Crippen LogP contribution >= 0.6 is 0 Å². The lowest BCUT2D eigenvalue weighted by Crippen LogP contribution is -2.53. The molecule has 2 aliphatic rings. The molecule has 18 heavy (non-hydrogen) atoms. The molecule has 0 aromatic rings. The number of carbonyl (C=O) groups excluding carboxylic acids is 1. The third-order valence-electron chi connectivity index (χ3n) is 4.48. The zero-order chi connectivity index (χ0) is 13.2. The van der Waals surface area contributed by atoms with Gasteiger partial charge in [-0.3, -0.25) is 9.69 Å². The molecule has 5 heteroatoms. The molecule has 4 N–H and O–H groups in total. The number of hydrogen-bond donors (Lipinski definition) is 2. The summed E-state index contributed by atoms with van der Waals surface area (Å²) in [5, 5.41) is 0. The van der Waals surface area contributed by atoms with Crippen molar-refractivity contribution in [2.45, 2.75) is 44.2 Å². The minimum atomic E-state index is -0.759. The molecule has 1 heterocycles. The molecule has 5 nitrogen and oxygen atoms in total. The van der Waals surface area contributed by atoms with Gasteiger partial charge < -0.3 is 16.4 Å². The van der Waals surface area contributed by atoms with Crippen LogP contribution in [0.5, 0.6) is 0 Å². The van der Waals surface area contributed by atoms with E-state index in [1.54, 1.807) is 0 Å². The summed E-state index contributed by atoms with van der Waals surface area (Å²) in [6.07, 6.45) is 3.70. The summed E-state index contributed by atoms with van der Waals surface area (Å²) in [6.45, 7) is 7.88. The monoisotopic (exact) mass is 254 g/mol. The molecule has 0 aromatic heterocycles. The Hall–Kier alpha value is -0.650. The molecule has 2 atom stereocenters. The minimum absolute atomic E-state index is 0.338. The van der Waals surface area contributed by atoms with Gasteiger partial charge in [0.15, 0.2) is 0 Å². The summed E-state index contributed by atoms with van der Waals surface area (Å²) >= 11 is 0. The van der Waals surface area contributed by atoms with Gasteiger partial charge in [-0.15, -0.1) is 0 Å². The lowest BCUT2D eigenvalue weighted by atomic mass is 9.98. The maximum absolute atomic E-state index is 11.4. The molecule has 0 bridgehead atoms. The minimum Gasteiger partial charge on any atom is -0.368 e. The van der Waals surface area contributed by atoms with Crippen molar-refractivity contribution in [3.63, 3.8) is 0 Å². The molecule has 1 saturated carbocycles. The lowest BCUT2D eigenvalue weighted by Gasteiger charge is -2.38. The molecule has 1 saturated heterocycles. The van der Waals surface area contributed by atoms with E-state index in [1.807, 2.05) is 0 Å². The fourth-order valence-corrected chi connectivity index (χ4v) is 3.25. The van der Waals surface area contributed by atoms with Crippen molar-refractivity contribution in [3.05, 3.63) is 0 Å². The van der Waals surface area contributed by atoms with Crippen molar-refractivity contribution in [1.29, 1.82) is 0 Å². The van der Waals surface area contributed by atoms with Gasteiger partial charge >= 0.3 is 0 Å². The Morgan fingerprint density at radius 1 is 1.33 bits per heavy atom. The Balaban J connectivity index is 1.83. The highest BCUT2D eigenvalue weighted by atomic mass is 16.1. The Bertz CT molecular complexity index is 301. The predicted octanol–water partition coefficient (Wildman–Crippen LogP) is -0.251. The summed E-state index contributed by atoms with van der Waals surface area (Å²) in [6, 6.07) is 0.450. The molecule has 0 radical (unpaired) electrons. The first-order valence-electron chi connectivity index (χ1n) is 7.10. The number of carbonyl (C=O) groups is 1. The number of amides is 1. The Labute approximate surface area is 109 Å². The second-order valence-electron chi connectivity index (χ2n) is 5.79. The van der Waals surface area contributed by atoms with E-state index in [9.17, 15) is 4.79 Å². The van der Waals surface area contributed by atoms with Crippen molar-refractivity contribution in [2.24, 2.45) is 11.5 Å². The first kappa shape index (κ1) is 13.8. The zero-order valence-electron chi connectivity index (χ0n) is 11.4. The quantitative estimate of drug-likeness (QED) is 0.725. The Kier molecular flexibility index (Phi) is 4.25. The molecule has 104 valence electrons. The number of piperazine rings is 1. The maximum Gasteiger partial charge on any atom is 0.237 e. The predicted molar refractivity (Wildman–Crippen MR) is 72.1 cm³/mol. The van der Waals surface area contributed by atoms with Crippen molar-refractivity contribution in [1.82, 2.24) is 9.80 Å². The normalized spacial score (nSPS) is 34.9. The van der Waals surface area contributed by atoms with Gasteiger partial charge in [-0.05, 0) is 32.2 Å². The van der Waals surface area contributed by atoms with E-state index in [2.05, 4.69) is 16.7 Å². The van der Waals surface area contributed by atoms with E-state index >= 15 is 0 Å². The molecular formula is C13H26N4O. The smallest absolute Gasteiger partial charge is 0.237 e. The number of nitrogens with zero attached hydrogens (tertiary/aromatic N) is 2. The first-order chi connectivity index (χ1) is 8.55. The molecular weight excluding hydrogens is 228 g/mol. The molecule has 1 amide bonds. The highest BCUT2D eigenvalue weighted by Gasteiger charge is 2.42. The van der Waals surface area contributed by atoms with Crippen LogP contribution in [0.1, 0.15) is 32.6 Å². The van der Waals surface area contributed by atoms with E-state index in [1.165, 1.54) is 13.0 Å². The topological polar surface area (TPSA) is 75.6 Å². The highest BCUT2D eigenvalue weighted by Crippen LogP contribution is 2.31. The van der Waals surface area contributed by atoms with Crippen LogP contribution in [0.4, 0.5) is 0 Å². The van der Waals surface area contributed by atoms with Crippen molar-refractivity contribution < 1.29 is 4.79 Å². The van der Waals surface area contributed by atoms with Crippen LogP contribution < -0.4 is 11.5 Å². The van der Waals surface area contributed by atoms with Crippen LogP contribution in [0.15, 0.2) is 0 Å². The maximum atomic E-state index is 11.4. The van der Waals surface area contributed by atoms with Gasteiger partial charge in [-0.25, -0.2) is 0 Å². The van der Waals surface area contributed by atoms with Crippen LogP contribution in [-0.4, -0.2) is 60.0 Å². The van der Waals surface area contributed by atoms with E-state index in [-0.39, 0.29) is 5.91 Å². The van der Waals surface area contributed by atoms with E-state index < -0.39 is 5.54 Å². The summed E-state index contributed by atoms with van der Waals surface area (Å²) in [5.74, 6) is -0.338. The average molecular weight is 254 g/mol. The number of hydrogen-bond acceptors (Lipinski definition) is 4.